The molecule has 1 aromatic heterocycles. The average molecular weight is 379 g/mol. The maximum Gasteiger partial charge on any atom is 0.453 e. The Kier molecular flexibility index (Phi) is 9.43. The largest absolute Gasteiger partial charge is 0.453 e. The quantitative estimate of drug-likeness (QED) is 0.433. The van der Waals surface area contributed by atoms with E-state index in [4.69, 9.17) is 0 Å². The summed E-state index contributed by atoms with van der Waals surface area (Å²) < 4.78 is 62.3. The van der Waals surface area contributed by atoms with Gasteiger partial charge in [0.1, 0.15) is 0 Å². The van der Waals surface area contributed by atoms with Crippen LogP contribution in [-0.2, 0) is 6.54 Å². The Bertz CT molecular complexity index is 516. The molecule has 1 N–H and O–H groups in total. The molecule has 1 heterocycles. The topological polar surface area (TPSA) is 28.2 Å². The lowest BCUT2D eigenvalue weighted by Gasteiger charge is -2.19. The van der Waals surface area contributed by atoms with Gasteiger partial charge in [-0.2, -0.15) is 22.0 Å². The third kappa shape index (κ3) is 7.95. The van der Waals surface area contributed by atoms with Crippen molar-refractivity contribution in [2.45, 2.75) is 51.8 Å². The fourth-order valence-corrected chi connectivity index (χ4v) is 2.34. The summed E-state index contributed by atoms with van der Waals surface area (Å²) in [7, 11) is 0. The number of unbranched alkanes of at least 4 members (excludes halogenated alkanes) is 1. The summed E-state index contributed by atoms with van der Waals surface area (Å²) in [6.45, 7) is 8.56. The lowest BCUT2D eigenvalue weighted by Crippen LogP contribution is -2.36. The first kappa shape index (κ1) is 22.8. The summed E-state index contributed by atoms with van der Waals surface area (Å²) in [5, 5.41) is 3.20. The van der Waals surface area contributed by atoms with E-state index in [0.29, 0.717) is 12.2 Å². The molecule has 8 heteroatoms. The van der Waals surface area contributed by atoms with Gasteiger partial charge in [0.15, 0.2) is 0 Å². The standard InChI is InChI=1S/C18H26F5N3/c1-3-26(4-2)12-6-5-10-24-14-16-13-15(8-11-25-16)7-9-17(19,20)18(21,22)23/h8,11,13,24H,3-6,9-10,12,14H2,1-2H3. The summed E-state index contributed by atoms with van der Waals surface area (Å²) in [6, 6.07) is 2.83. The van der Waals surface area contributed by atoms with E-state index in [1.54, 1.807) is 0 Å². The normalized spacial score (nSPS) is 12.8. The van der Waals surface area contributed by atoms with Crippen molar-refractivity contribution < 1.29 is 22.0 Å². The third-order valence-electron chi connectivity index (χ3n) is 4.02. The van der Waals surface area contributed by atoms with Crippen molar-refractivity contribution in [3.05, 3.63) is 36.0 Å². The fraction of sp³-hybridized carbons (Fsp3) is 0.667. The van der Waals surface area contributed by atoms with Crippen LogP contribution in [0, 0.1) is 6.42 Å². The lowest BCUT2D eigenvalue weighted by molar-refractivity contribution is -0.281. The van der Waals surface area contributed by atoms with Crippen molar-refractivity contribution in [2.75, 3.05) is 26.2 Å². The highest BCUT2D eigenvalue weighted by Crippen LogP contribution is 2.39. The third-order valence-corrected chi connectivity index (χ3v) is 4.02. The van der Waals surface area contributed by atoms with Gasteiger partial charge in [-0.05, 0) is 56.7 Å². The molecule has 0 bridgehead atoms. The van der Waals surface area contributed by atoms with Crippen molar-refractivity contribution in [1.29, 1.82) is 0 Å². The predicted molar refractivity (Wildman–Crippen MR) is 90.9 cm³/mol. The van der Waals surface area contributed by atoms with Crippen LogP contribution < -0.4 is 5.32 Å². The summed E-state index contributed by atoms with van der Waals surface area (Å²) in [5.74, 6) is -4.78. The molecule has 0 fully saturated rings. The molecule has 0 saturated carbocycles. The Labute approximate surface area is 152 Å². The van der Waals surface area contributed by atoms with E-state index >= 15 is 0 Å². The number of rotatable bonds is 12. The molecule has 1 aromatic rings. The van der Waals surface area contributed by atoms with Crippen molar-refractivity contribution >= 4 is 0 Å². The summed E-state index contributed by atoms with van der Waals surface area (Å²) >= 11 is 0. The smallest absolute Gasteiger partial charge is 0.311 e. The SMILES string of the molecule is CCN(CC)CCCCNCc1cc([C]CC(F)(F)C(F)(F)F)ccn1. The maximum atomic E-state index is 12.9. The number of nitrogens with one attached hydrogen (secondary N) is 1. The molecule has 0 atom stereocenters. The van der Waals surface area contributed by atoms with Crippen LogP contribution >= 0.6 is 0 Å². The van der Waals surface area contributed by atoms with E-state index in [1.165, 1.54) is 18.3 Å². The van der Waals surface area contributed by atoms with Crippen molar-refractivity contribution in [2.24, 2.45) is 0 Å². The van der Waals surface area contributed by atoms with Gasteiger partial charge in [0, 0.05) is 25.6 Å². The second-order valence-corrected chi connectivity index (χ2v) is 6.00. The van der Waals surface area contributed by atoms with E-state index in [2.05, 4.69) is 35.5 Å². The van der Waals surface area contributed by atoms with E-state index in [0.717, 1.165) is 39.0 Å². The molecule has 0 aromatic carbocycles. The molecule has 0 aliphatic rings. The van der Waals surface area contributed by atoms with Crippen molar-refractivity contribution in [3.8, 4) is 0 Å². The molecule has 3 nitrogen and oxygen atoms in total. The molecule has 0 aliphatic heterocycles. The summed E-state index contributed by atoms with van der Waals surface area (Å²) in [4.78, 5) is 6.43. The Morgan fingerprint density at radius 2 is 1.81 bits per heavy atom. The van der Waals surface area contributed by atoms with Gasteiger partial charge in [0.05, 0.1) is 5.69 Å². The zero-order chi connectivity index (χ0) is 19.6. The van der Waals surface area contributed by atoms with Gasteiger partial charge in [-0.25, -0.2) is 0 Å². The van der Waals surface area contributed by atoms with Gasteiger partial charge >= 0.3 is 12.1 Å². The predicted octanol–water partition coefficient (Wildman–Crippen LogP) is 4.31. The number of pyridine rings is 1. The molecule has 26 heavy (non-hydrogen) atoms. The first-order valence-electron chi connectivity index (χ1n) is 8.76. The van der Waals surface area contributed by atoms with Gasteiger partial charge in [-0.15, -0.1) is 0 Å². The molecular formula is C18H26F5N3. The van der Waals surface area contributed by atoms with E-state index < -0.39 is 18.5 Å². The minimum atomic E-state index is -5.57. The molecule has 0 saturated heterocycles. The van der Waals surface area contributed by atoms with Crippen LogP contribution in [0.2, 0.25) is 0 Å². The summed E-state index contributed by atoms with van der Waals surface area (Å²) in [5.41, 5.74) is 0.760. The number of halogens is 5. The Hall–Kier alpha value is -1.28. The molecule has 2 radical (unpaired) electrons. The molecule has 0 aliphatic carbocycles. The number of hydrogen-bond donors (Lipinski definition) is 1. The van der Waals surface area contributed by atoms with Gasteiger partial charge in [-0.3, -0.25) is 4.98 Å². The lowest BCUT2D eigenvalue weighted by atomic mass is 10.1. The highest BCUT2D eigenvalue weighted by molar-refractivity contribution is 5.24. The number of nitrogens with zero attached hydrogens (tertiary/aromatic N) is 2. The minimum Gasteiger partial charge on any atom is -0.311 e. The first-order chi connectivity index (χ1) is 12.2. The first-order valence-corrected chi connectivity index (χ1v) is 8.76. The van der Waals surface area contributed by atoms with Crippen molar-refractivity contribution in [1.82, 2.24) is 15.2 Å². The van der Waals surface area contributed by atoms with Crippen LogP contribution in [0.1, 0.15) is 44.4 Å². The summed E-state index contributed by atoms with van der Waals surface area (Å²) in [6.07, 6.45) is -1.51. The van der Waals surface area contributed by atoms with E-state index in [-0.39, 0.29) is 5.56 Å². The highest BCUT2D eigenvalue weighted by atomic mass is 19.4. The van der Waals surface area contributed by atoms with Crippen LogP contribution in [0.15, 0.2) is 18.3 Å². The second kappa shape index (κ2) is 10.8. The molecule has 1 rings (SSSR count). The molecule has 0 spiro atoms. The number of hydrogen-bond acceptors (Lipinski definition) is 3. The van der Waals surface area contributed by atoms with Crippen LogP contribution in [-0.4, -0.2) is 48.2 Å². The number of aromatic nitrogens is 1. The molecule has 0 amide bonds. The molecule has 0 unspecified atom stereocenters. The monoisotopic (exact) mass is 379 g/mol. The zero-order valence-corrected chi connectivity index (χ0v) is 15.2. The van der Waals surface area contributed by atoms with Crippen molar-refractivity contribution in [3.63, 3.8) is 0 Å². The average Bonchev–Trinajstić information content (AvgIpc) is 2.59. The Morgan fingerprint density at radius 1 is 1.12 bits per heavy atom. The van der Waals surface area contributed by atoms with Gasteiger partial charge < -0.3 is 10.2 Å². The molecular weight excluding hydrogens is 353 g/mol. The second-order valence-electron chi connectivity index (χ2n) is 6.00. The van der Waals surface area contributed by atoms with E-state index in [1.807, 2.05) is 0 Å². The minimum absolute atomic E-state index is 0.183. The zero-order valence-electron chi connectivity index (χ0n) is 15.2. The maximum absolute atomic E-state index is 12.9. The van der Waals surface area contributed by atoms with Crippen LogP contribution in [0.5, 0.6) is 0 Å². The van der Waals surface area contributed by atoms with Crippen LogP contribution in [0.3, 0.4) is 0 Å². The Morgan fingerprint density at radius 3 is 2.42 bits per heavy atom. The van der Waals surface area contributed by atoms with E-state index in [9.17, 15) is 22.0 Å². The van der Waals surface area contributed by atoms with Gasteiger partial charge in [0.25, 0.3) is 0 Å². The highest BCUT2D eigenvalue weighted by Gasteiger charge is 2.56. The van der Waals surface area contributed by atoms with Crippen LogP contribution in [0.25, 0.3) is 0 Å². The molecule has 148 valence electrons. The van der Waals surface area contributed by atoms with Gasteiger partial charge in [-0.1, -0.05) is 13.8 Å². The van der Waals surface area contributed by atoms with Gasteiger partial charge in [0.2, 0.25) is 0 Å². The van der Waals surface area contributed by atoms with Crippen LogP contribution in [0.4, 0.5) is 22.0 Å². The number of alkyl halides is 5. The fourth-order valence-electron chi connectivity index (χ4n) is 2.34. The Balaban J connectivity index is 2.34.